The Morgan fingerprint density at radius 2 is 2.28 bits per heavy atom. The van der Waals surface area contributed by atoms with Crippen LogP contribution >= 0.6 is 11.6 Å². The van der Waals surface area contributed by atoms with Gasteiger partial charge in [-0.2, -0.15) is 0 Å². The molecule has 18 heavy (non-hydrogen) atoms. The average Bonchev–Trinajstić information content (AvgIpc) is 2.82. The molecule has 3 nitrogen and oxygen atoms in total. The van der Waals surface area contributed by atoms with Crippen molar-refractivity contribution in [2.45, 2.75) is 19.3 Å². The normalized spacial score (nSPS) is 23.1. The predicted molar refractivity (Wildman–Crippen MR) is 69.9 cm³/mol. The number of amides is 1. The quantitative estimate of drug-likeness (QED) is 0.887. The highest BCUT2D eigenvalue weighted by atomic mass is 35.5. The summed E-state index contributed by atoms with van der Waals surface area (Å²) < 4.78 is 13.2. The summed E-state index contributed by atoms with van der Waals surface area (Å²) >= 11 is 5.59. The van der Waals surface area contributed by atoms with Crippen molar-refractivity contribution < 1.29 is 9.18 Å². The molecule has 0 radical (unpaired) electrons. The molecule has 0 spiro atoms. The zero-order valence-corrected chi connectivity index (χ0v) is 10.7. The lowest BCUT2D eigenvalue weighted by Gasteiger charge is -2.17. The summed E-state index contributed by atoms with van der Waals surface area (Å²) in [5, 5.41) is 2.77. The van der Waals surface area contributed by atoms with Crippen molar-refractivity contribution in [1.29, 1.82) is 0 Å². The summed E-state index contributed by atoms with van der Waals surface area (Å²) in [5.74, 6) is -0.433. The van der Waals surface area contributed by atoms with E-state index in [4.69, 9.17) is 17.3 Å². The highest BCUT2D eigenvalue weighted by molar-refractivity contribution is 6.30. The molecule has 1 aliphatic rings. The number of rotatable bonds is 3. The van der Waals surface area contributed by atoms with Crippen LogP contribution in [-0.2, 0) is 4.79 Å². The van der Waals surface area contributed by atoms with Gasteiger partial charge in [-0.15, -0.1) is 0 Å². The molecule has 0 bridgehead atoms. The van der Waals surface area contributed by atoms with Crippen molar-refractivity contribution in [3.05, 3.63) is 29.0 Å². The van der Waals surface area contributed by atoms with E-state index in [-0.39, 0.29) is 22.8 Å². The van der Waals surface area contributed by atoms with Crippen LogP contribution in [0.15, 0.2) is 18.2 Å². The maximum atomic E-state index is 13.2. The first kappa shape index (κ1) is 13.3. The molecule has 0 heterocycles. The number of nitrogens with one attached hydrogen (secondary N) is 1. The first-order chi connectivity index (χ1) is 8.61. The third kappa shape index (κ3) is 2.82. The van der Waals surface area contributed by atoms with Gasteiger partial charge in [0.05, 0.1) is 5.02 Å². The molecule has 0 saturated heterocycles. The van der Waals surface area contributed by atoms with Crippen LogP contribution in [0, 0.1) is 17.7 Å². The number of halogens is 2. The summed E-state index contributed by atoms with van der Waals surface area (Å²) in [6, 6.07) is 4.25. The minimum atomic E-state index is -0.531. The minimum Gasteiger partial charge on any atom is -0.330 e. The fraction of sp³-hybridized carbons (Fsp3) is 0.462. The molecule has 3 N–H and O–H groups in total. The lowest BCUT2D eigenvalue weighted by atomic mass is 9.95. The Balaban J connectivity index is 2.04. The third-order valence-corrected chi connectivity index (χ3v) is 3.79. The van der Waals surface area contributed by atoms with E-state index in [2.05, 4.69) is 5.32 Å². The summed E-state index contributed by atoms with van der Waals surface area (Å²) in [6.45, 7) is 0.521. The van der Waals surface area contributed by atoms with Crippen LogP contribution in [-0.4, -0.2) is 12.5 Å². The fourth-order valence-electron chi connectivity index (χ4n) is 2.47. The molecule has 1 aliphatic carbocycles. The second-order valence-corrected chi connectivity index (χ2v) is 5.06. The Morgan fingerprint density at radius 3 is 2.94 bits per heavy atom. The number of hydrogen-bond donors (Lipinski definition) is 2. The maximum Gasteiger partial charge on any atom is 0.227 e. The van der Waals surface area contributed by atoms with E-state index < -0.39 is 5.82 Å². The summed E-state index contributed by atoms with van der Waals surface area (Å²) in [7, 11) is 0. The molecule has 2 unspecified atom stereocenters. The summed E-state index contributed by atoms with van der Waals surface area (Å²) in [5.41, 5.74) is 6.08. The van der Waals surface area contributed by atoms with Gasteiger partial charge in [0, 0.05) is 11.6 Å². The Hall–Kier alpha value is -1.13. The monoisotopic (exact) mass is 270 g/mol. The van der Waals surface area contributed by atoms with Crippen LogP contribution in [0.5, 0.6) is 0 Å². The van der Waals surface area contributed by atoms with E-state index in [0.29, 0.717) is 12.2 Å². The van der Waals surface area contributed by atoms with Gasteiger partial charge in [0.25, 0.3) is 0 Å². The summed E-state index contributed by atoms with van der Waals surface area (Å²) in [4.78, 5) is 12.1. The van der Waals surface area contributed by atoms with Gasteiger partial charge in [0.2, 0.25) is 5.91 Å². The minimum absolute atomic E-state index is 0.0497. The Bertz CT molecular complexity index is 453. The highest BCUT2D eigenvalue weighted by Crippen LogP contribution is 2.32. The molecule has 0 aromatic heterocycles. The number of carbonyl (C=O) groups is 1. The lowest BCUT2D eigenvalue weighted by molar-refractivity contribution is -0.120. The number of hydrogen-bond acceptors (Lipinski definition) is 2. The van der Waals surface area contributed by atoms with Crippen LogP contribution in [0.4, 0.5) is 10.1 Å². The van der Waals surface area contributed by atoms with Crippen LogP contribution < -0.4 is 11.1 Å². The predicted octanol–water partition coefficient (Wildman–Crippen LogP) is 2.79. The van der Waals surface area contributed by atoms with Crippen molar-refractivity contribution in [1.82, 2.24) is 0 Å². The van der Waals surface area contributed by atoms with Crippen LogP contribution in [0.2, 0.25) is 5.02 Å². The van der Waals surface area contributed by atoms with Crippen molar-refractivity contribution in [3.8, 4) is 0 Å². The van der Waals surface area contributed by atoms with Crippen molar-refractivity contribution in [2.75, 3.05) is 11.9 Å². The molecular weight excluding hydrogens is 255 g/mol. The second kappa shape index (κ2) is 5.67. The Kier molecular flexibility index (Phi) is 4.19. The van der Waals surface area contributed by atoms with Gasteiger partial charge in [0.15, 0.2) is 0 Å². The zero-order chi connectivity index (χ0) is 13.1. The van der Waals surface area contributed by atoms with Crippen molar-refractivity contribution >= 4 is 23.2 Å². The molecule has 2 atom stereocenters. The van der Waals surface area contributed by atoms with E-state index in [1.807, 2.05) is 0 Å². The molecule has 1 aromatic carbocycles. The molecule has 5 heteroatoms. The van der Waals surface area contributed by atoms with Gasteiger partial charge in [-0.05, 0) is 43.5 Å². The van der Waals surface area contributed by atoms with Gasteiger partial charge in [-0.25, -0.2) is 4.39 Å². The van der Waals surface area contributed by atoms with E-state index in [1.54, 1.807) is 6.07 Å². The number of anilines is 1. The van der Waals surface area contributed by atoms with Crippen molar-refractivity contribution in [2.24, 2.45) is 17.6 Å². The Morgan fingerprint density at radius 1 is 1.50 bits per heavy atom. The van der Waals surface area contributed by atoms with Gasteiger partial charge < -0.3 is 11.1 Å². The second-order valence-electron chi connectivity index (χ2n) is 4.65. The molecule has 1 aromatic rings. The maximum absolute atomic E-state index is 13.2. The molecule has 1 amide bonds. The first-order valence-corrected chi connectivity index (χ1v) is 6.45. The molecule has 2 rings (SSSR count). The molecule has 0 aliphatic heterocycles. The first-order valence-electron chi connectivity index (χ1n) is 6.08. The lowest BCUT2D eigenvalue weighted by Crippen LogP contribution is -2.29. The summed E-state index contributed by atoms with van der Waals surface area (Å²) in [6.07, 6.45) is 2.86. The van der Waals surface area contributed by atoms with Crippen molar-refractivity contribution in [3.63, 3.8) is 0 Å². The van der Waals surface area contributed by atoms with Crippen LogP contribution in [0.1, 0.15) is 19.3 Å². The third-order valence-electron chi connectivity index (χ3n) is 3.49. The van der Waals surface area contributed by atoms with Gasteiger partial charge in [-0.1, -0.05) is 18.0 Å². The van der Waals surface area contributed by atoms with Crippen LogP contribution in [0.25, 0.3) is 0 Å². The molecule has 1 fully saturated rings. The highest BCUT2D eigenvalue weighted by Gasteiger charge is 2.31. The fourth-order valence-corrected chi connectivity index (χ4v) is 2.59. The van der Waals surface area contributed by atoms with Gasteiger partial charge in [-0.3, -0.25) is 4.79 Å². The largest absolute Gasteiger partial charge is 0.330 e. The zero-order valence-electron chi connectivity index (χ0n) is 9.96. The number of benzene rings is 1. The van der Waals surface area contributed by atoms with E-state index >= 15 is 0 Å². The average molecular weight is 271 g/mol. The van der Waals surface area contributed by atoms with Gasteiger partial charge >= 0.3 is 0 Å². The van der Waals surface area contributed by atoms with E-state index in [0.717, 1.165) is 19.3 Å². The van der Waals surface area contributed by atoms with Gasteiger partial charge in [0.1, 0.15) is 5.82 Å². The Labute approximate surface area is 111 Å². The number of nitrogens with two attached hydrogens (primary N) is 1. The molecule has 1 saturated carbocycles. The smallest absolute Gasteiger partial charge is 0.227 e. The standard InChI is InChI=1S/C13H16ClFN2O/c14-11-5-4-9(6-12(11)15)17-13(18)10-3-1-2-8(10)7-16/h4-6,8,10H,1-3,7,16H2,(H,17,18). The van der Waals surface area contributed by atoms with Crippen LogP contribution in [0.3, 0.4) is 0 Å². The number of carbonyl (C=O) groups excluding carboxylic acids is 1. The SMILES string of the molecule is NCC1CCCC1C(=O)Nc1ccc(Cl)c(F)c1. The molecule has 98 valence electrons. The topological polar surface area (TPSA) is 55.1 Å². The van der Waals surface area contributed by atoms with E-state index in [9.17, 15) is 9.18 Å². The van der Waals surface area contributed by atoms with E-state index in [1.165, 1.54) is 12.1 Å². The molecular formula is C13H16ClFN2O.